The smallest absolute Gasteiger partial charge is 0.127 e. The highest BCUT2D eigenvalue weighted by Gasteiger charge is 2.21. The van der Waals surface area contributed by atoms with Gasteiger partial charge in [-0.05, 0) is 47.9 Å². The molecule has 4 heteroatoms. The van der Waals surface area contributed by atoms with E-state index in [-0.39, 0.29) is 0 Å². The number of rotatable bonds is 2. The van der Waals surface area contributed by atoms with Crippen molar-refractivity contribution >= 4 is 16.6 Å². The van der Waals surface area contributed by atoms with Crippen molar-refractivity contribution in [1.82, 2.24) is 9.55 Å². The summed E-state index contributed by atoms with van der Waals surface area (Å²) in [5, 5.41) is 9.60. The summed E-state index contributed by atoms with van der Waals surface area (Å²) in [7, 11) is 0. The molecule has 0 atom stereocenters. The summed E-state index contributed by atoms with van der Waals surface area (Å²) in [4.78, 5) is 4.49. The van der Waals surface area contributed by atoms with Crippen molar-refractivity contribution in [2.45, 2.75) is 20.1 Å². The molecular weight excluding hydrogens is 358 g/mol. The molecule has 0 fully saturated rings. The number of nitrogens with zero attached hydrogens (tertiary/aromatic N) is 3. The minimum atomic E-state index is 0.479. The fourth-order valence-electron chi connectivity index (χ4n) is 4.00. The molecule has 1 aliphatic rings. The zero-order chi connectivity index (χ0) is 19.8. The first-order valence-corrected chi connectivity index (χ1v) is 9.60. The predicted molar refractivity (Wildman–Crippen MR) is 113 cm³/mol. The molecule has 0 saturated carbocycles. The second-order valence-electron chi connectivity index (χ2n) is 7.25. The number of hydrogen-bond acceptors (Lipinski definition) is 3. The fourth-order valence-corrected chi connectivity index (χ4v) is 4.00. The minimum absolute atomic E-state index is 0.479. The number of nitriles is 1. The van der Waals surface area contributed by atoms with Gasteiger partial charge < -0.3 is 9.30 Å². The van der Waals surface area contributed by atoms with Gasteiger partial charge in [0, 0.05) is 23.3 Å². The van der Waals surface area contributed by atoms with Crippen molar-refractivity contribution in [2.75, 3.05) is 0 Å². The third-order valence-electron chi connectivity index (χ3n) is 5.40. The lowest BCUT2D eigenvalue weighted by molar-refractivity contribution is 0.307. The van der Waals surface area contributed by atoms with E-state index in [0.717, 1.165) is 45.6 Å². The summed E-state index contributed by atoms with van der Waals surface area (Å²) in [6.45, 7) is 3.08. The number of allylic oxidation sites excluding steroid dienone is 1. The molecule has 140 valence electrons. The quantitative estimate of drug-likeness (QED) is 0.444. The number of imidazole rings is 1. The fraction of sp³-hybridized carbons (Fsp3) is 0.120. The van der Waals surface area contributed by atoms with Crippen molar-refractivity contribution in [3.63, 3.8) is 0 Å². The Morgan fingerprint density at radius 2 is 1.90 bits per heavy atom. The van der Waals surface area contributed by atoms with E-state index in [4.69, 9.17) is 4.74 Å². The molecule has 0 saturated heterocycles. The maximum Gasteiger partial charge on any atom is 0.127 e. The maximum absolute atomic E-state index is 9.60. The zero-order valence-corrected chi connectivity index (χ0v) is 16.1. The minimum Gasteiger partial charge on any atom is -0.488 e. The molecule has 0 amide bonds. The number of fused-ring (bicyclic) bond motifs is 3. The largest absolute Gasteiger partial charge is 0.488 e. The summed E-state index contributed by atoms with van der Waals surface area (Å²) >= 11 is 0. The molecule has 0 radical (unpaired) electrons. The third kappa shape index (κ3) is 2.97. The Morgan fingerprint density at radius 3 is 2.79 bits per heavy atom. The first-order valence-electron chi connectivity index (χ1n) is 9.60. The van der Waals surface area contributed by atoms with E-state index in [1.54, 1.807) is 0 Å². The van der Waals surface area contributed by atoms with E-state index in [1.807, 2.05) is 55.7 Å². The summed E-state index contributed by atoms with van der Waals surface area (Å²) in [5.41, 5.74) is 8.06. The van der Waals surface area contributed by atoms with E-state index >= 15 is 0 Å². The zero-order valence-electron chi connectivity index (χ0n) is 16.1. The van der Waals surface area contributed by atoms with Crippen LogP contribution in [0.5, 0.6) is 5.75 Å². The van der Waals surface area contributed by atoms with Crippen LogP contribution in [0.3, 0.4) is 0 Å². The number of aromatic nitrogens is 2. The van der Waals surface area contributed by atoms with Crippen molar-refractivity contribution in [1.29, 1.82) is 5.26 Å². The number of ether oxygens (including phenoxy) is 1. The van der Waals surface area contributed by atoms with Crippen LogP contribution in [-0.2, 0) is 13.2 Å². The first kappa shape index (κ1) is 17.3. The van der Waals surface area contributed by atoms with E-state index in [1.165, 1.54) is 5.56 Å². The predicted octanol–water partition coefficient (Wildman–Crippen LogP) is 5.32. The van der Waals surface area contributed by atoms with E-state index in [2.05, 4.69) is 39.9 Å². The highest BCUT2D eigenvalue weighted by atomic mass is 16.5. The van der Waals surface area contributed by atoms with Crippen LogP contribution in [0.15, 0.2) is 78.6 Å². The Labute approximate surface area is 169 Å². The van der Waals surface area contributed by atoms with E-state index in [0.29, 0.717) is 12.2 Å². The monoisotopic (exact) mass is 377 g/mol. The van der Waals surface area contributed by atoms with Gasteiger partial charge in [0.1, 0.15) is 12.4 Å². The lowest BCUT2D eigenvalue weighted by atomic mass is 9.90. The van der Waals surface area contributed by atoms with Gasteiger partial charge in [0.25, 0.3) is 0 Å². The molecule has 29 heavy (non-hydrogen) atoms. The molecule has 4 aromatic rings. The Hall–Kier alpha value is -3.84. The topological polar surface area (TPSA) is 50.8 Å². The first-order chi connectivity index (χ1) is 14.2. The molecule has 1 aromatic heterocycles. The molecule has 3 aromatic carbocycles. The Balaban J connectivity index is 1.59. The Morgan fingerprint density at radius 1 is 1.07 bits per heavy atom. The maximum atomic E-state index is 9.60. The molecule has 0 N–H and O–H groups in total. The van der Waals surface area contributed by atoms with Gasteiger partial charge in [0.15, 0.2) is 0 Å². The van der Waals surface area contributed by atoms with Crippen LogP contribution in [-0.4, -0.2) is 9.55 Å². The molecule has 2 heterocycles. The van der Waals surface area contributed by atoms with Crippen LogP contribution in [0.1, 0.15) is 29.2 Å². The normalized spacial score (nSPS) is 14.3. The lowest BCUT2D eigenvalue weighted by Crippen LogP contribution is -2.02. The van der Waals surface area contributed by atoms with Crippen molar-refractivity contribution in [2.24, 2.45) is 0 Å². The molecule has 1 aliphatic heterocycles. The number of benzene rings is 3. The Bertz CT molecular complexity index is 1310. The van der Waals surface area contributed by atoms with Gasteiger partial charge in [-0.2, -0.15) is 5.26 Å². The highest BCUT2D eigenvalue weighted by Crippen LogP contribution is 2.38. The Kier molecular flexibility index (Phi) is 4.14. The standard InChI is InChI=1S/C25H19N3O/c1-17(13-26)25-20-11-10-18(14-28-16-27-22-7-3-4-8-23(22)28)12-19(20)15-29-24-9-5-2-6-21(24)25/h2-12,16H,14-15H2,1H3/b25-17+. The van der Waals surface area contributed by atoms with Gasteiger partial charge in [-0.25, -0.2) is 4.98 Å². The summed E-state index contributed by atoms with van der Waals surface area (Å²) < 4.78 is 8.25. The van der Waals surface area contributed by atoms with Crippen molar-refractivity contribution in [3.8, 4) is 11.8 Å². The second-order valence-corrected chi connectivity index (χ2v) is 7.25. The SMILES string of the molecule is C/C(C#N)=C1/c2ccc(Cn3cnc4ccccc43)cc2COc2ccccc21. The van der Waals surface area contributed by atoms with Gasteiger partial charge in [-0.3, -0.25) is 0 Å². The summed E-state index contributed by atoms with van der Waals surface area (Å²) in [5.74, 6) is 0.815. The molecule has 0 spiro atoms. The molecule has 0 unspecified atom stereocenters. The molecule has 4 nitrogen and oxygen atoms in total. The van der Waals surface area contributed by atoms with Gasteiger partial charge in [-0.15, -0.1) is 0 Å². The second kappa shape index (κ2) is 6.96. The summed E-state index contributed by atoms with van der Waals surface area (Å²) in [6.07, 6.45) is 1.88. The lowest BCUT2D eigenvalue weighted by Gasteiger charge is -2.13. The van der Waals surface area contributed by atoms with Crippen LogP contribution in [0.25, 0.3) is 16.6 Å². The van der Waals surface area contributed by atoms with Gasteiger partial charge in [-0.1, -0.05) is 42.5 Å². The third-order valence-corrected chi connectivity index (χ3v) is 5.40. The molecule has 5 rings (SSSR count). The van der Waals surface area contributed by atoms with Crippen molar-refractivity contribution < 1.29 is 4.74 Å². The van der Waals surface area contributed by atoms with Gasteiger partial charge >= 0.3 is 0 Å². The number of para-hydroxylation sites is 3. The highest BCUT2D eigenvalue weighted by molar-refractivity contribution is 5.88. The van der Waals surface area contributed by atoms with E-state index in [9.17, 15) is 5.26 Å². The van der Waals surface area contributed by atoms with Gasteiger partial charge in [0.05, 0.1) is 23.4 Å². The molecule has 0 bridgehead atoms. The van der Waals surface area contributed by atoms with Crippen LogP contribution in [0.4, 0.5) is 0 Å². The van der Waals surface area contributed by atoms with Crippen LogP contribution >= 0.6 is 0 Å². The van der Waals surface area contributed by atoms with E-state index < -0.39 is 0 Å². The number of hydrogen-bond donors (Lipinski definition) is 0. The average Bonchev–Trinajstić information content (AvgIpc) is 3.08. The average molecular weight is 377 g/mol. The van der Waals surface area contributed by atoms with Crippen molar-refractivity contribution in [3.05, 3.63) is 101 Å². The molecular formula is C25H19N3O. The molecule has 0 aliphatic carbocycles. The van der Waals surface area contributed by atoms with Crippen LogP contribution in [0, 0.1) is 11.3 Å². The van der Waals surface area contributed by atoms with Crippen LogP contribution in [0.2, 0.25) is 0 Å². The van der Waals surface area contributed by atoms with Gasteiger partial charge in [0.2, 0.25) is 0 Å². The van der Waals surface area contributed by atoms with Crippen LogP contribution < -0.4 is 4.74 Å². The summed E-state index contributed by atoms with van der Waals surface area (Å²) in [6, 6.07) is 24.8.